The average Bonchev–Trinajstić information content (AvgIpc) is 3.07. The molecule has 4 rings (SSSR count). The van der Waals surface area contributed by atoms with Crippen LogP contribution in [-0.4, -0.2) is 21.4 Å². The zero-order valence-corrected chi connectivity index (χ0v) is 15.4. The van der Waals surface area contributed by atoms with Gasteiger partial charge in [0, 0.05) is 23.6 Å². The van der Waals surface area contributed by atoms with Crippen LogP contribution in [0.15, 0.2) is 79.0 Å². The number of ketones is 1. The molecule has 0 radical (unpaired) electrons. The third-order valence-corrected chi connectivity index (χ3v) is 4.90. The van der Waals surface area contributed by atoms with Crippen molar-refractivity contribution in [1.82, 2.24) is 4.57 Å². The highest BCUT2D eigenvalue weighted by molar-refractivity contribution is 6.42. The quantitative estimate of drug-likeness (QED) is 0.401. The molecule has 0 unspecified atom stereocenters. The first-order chi connectivity index (χ1) is 13.5. The molecular formula is C24H19NO3. The largest absolute Gasteiger partial charge is 0.475 e. The summed E-state index contributed by atoms with van der Waals surface area (Å²) in [5.74, 6) is -2.34. The summed E-state index contributed by atoms with van der Waals surface area (Å²) in [6.07, 6.45) is 1.65. The van der Waals surface area contributed by atoms with E-state index in [-0.39, 0.29) is 5.56 Å². The zero-order valence-electron chi connectivity index (χ0n) is 15.4. The molecular weight excluding hydrogens is 350 g/mol. The Labute approximate surface area is 162 Å². The molecule has 0 saturated carbocycles. The molecule has 0 aliphatic carbocycles. The average molecular weight is 369 g/mol. The van der Waals surface area contributed by atoms with E-state index in [1.165, 1.54) is 5.56 Å². The van der Waals surface area contributed by atoms with E-state index in [4.69, 9.17) is 0 Å². The van der Waals surface area contributed by atoms with Crippen molar-refractivity contribution in [1.29, 1.82) is 0 Å². The molecule has 1 heterocycles. The van der Waals surface area contributed by atoms with Gasteiger partial charge in [-0.2, -0.15) is 0 Å². The van der Waals surface area contributed by atoms with Crippen molar-refractivity contribution >= 4 is 22.7 Å². The van der Waals surface area contributed by atoms with Gasteiger partial charge in [0.05, 0.1) is 5.56 Å². The van der Waals surface area contributed by atoms with Crippen LogP contribution in [0.2, 0.25) is 0 Å². The van der Waals surface area contributed by atoms with Gasteiger partial charge in [-0.3, -0.25) is 4.79 Å². The molecule has 0 amide bonds. The molecule has 0 spiro atoms. The van der Waals surface area contributed by atoms with E-state index in [1.807, 2.05) is 84.3 Å². The summed E-state index contributed by atoms with van der Waals surface area (Å²) in [5.41, 5.74) is 5.28. The predicted octanol–water partition coefficient (Wildman–Crippen LogP) is 4.93. The highest BCUT2D eigenvalue weighted by atomic mass is 16.4. The Morgan fingerprint density at radius 1 is 0.893 bits per heavy atom. The number of fused-ring (bicyclic) bond motifs is 1. The fraction of sp³-hybridized carbons (Fsp3) is 0.0833. The van der Waals surface area contributed by atoms with Crippen LogP contribution in [0, 0.1) is 6.92 Å². The normalized spacial score (nSPS) is 10.9. The van der Waals surface area contributed by atoms with Gasteiger partial charge >= 0.3 is 5.97 Å². The second-order valence-corrected chi connectivity index (χ2v) is 6.89. The first-order valence-corrected chi connectivity index (χ1v) is 9.04. The maximum absolute atomic E-state index is 12.3. The molecule has 0 bridgehead atoms. The Kier molecular flexibility index (Phi) is 4.53. The summed E-state index contributed by atoms with van der Waals surface area (Å²) in [6, 6.07) is 23.8. The van der Waals surface area contributed by atoms with Crippen LogP contribution >= 0.6 is 0 Å². The first kappa shape index (κ1) is 17.7. The molecule has 3 aromatic carbocycles. The summed E-state index contributed by atoms with van der Waals surface area (Å²) in [6.45, 7) is 2.60. The van der Waals surface area contributed by atoms with Gasteiger partial charge in [0.1, 0.15) is 0 Å². The maximum atomic E-state index is 12.3. The lowest BCUT2D eigenvalue weighted by atomic mass is 10.0. The van der Waals surface area contributed by atoms with E-state index >= 15 is 0 Å². The number of nitrogens with zero attached hydrogens (tertiary/aromatic N) is 1. The van der Waals surface area contributed by atoms with Crippen LogP contribution in [0.1, 0.15) is 21.5 Å². The summed E-state index contributed by atoms with van der Waals surface area (Å²) in [7, 11) is 0. The van der Waals surface area contributed by atoms with Crippen LogP contribution in [-0.2, 0) is 11.3 Å². The zero-order chi connectivity index (χ0) is 19.7. The summed E-state index contributed by atoms with van der Waals surface area (Å²) in [5, 5.41) is 9.91. The van der Waals surface area contributed by atoms with Crippen molar-refractivity contribution < 1.29 is 14.7 Å². The molecule has 4 aromatic rings. The van der Waals surface area contributed by atoms with Gasteiger partial charge in [0.25, 0.3) is 5.78 Å². The Balaban J connectivity index is 1.85. The van der Waals surface area contributed by atoms with E-state index in [2.05, 4.69) is 0 Å². The van der Waals surface area contributed by atoms with Crippen molar-refractivity contribution in [3.8, 4) is 11.1 Å². The third-order valence-electron chi connectivity index (χ3n) is 4.90. The summed E-state index contributed by atoms with van der Waals surface area (Å²) < 4.78 is 1.94. The number of carboxylic acids is 1. The summed E-state index contributed by atoms with van der Waals surface area (Å²) in [4.78, 5) is 23.6. The Bertz CT molecular complexity index is 1170. The first-order valence-electron chi connectivity index (χ1n) is 9.04. The van der Waals surface area contributed by atoms with Crippen molar-refractivity contribution in [3.05, 3.63) is 95.7 Å². The number of aryl methyl sites for hydroxylation is 1. The Hall–Kier alpha value is -3.66. The lowest BCUT2D eigenvalue weighted by molar-refractivity contribution is -0.131. The molecule has 0 atom stereocenters. The number of rotatable bonds is 5. The molecule has 0 saturated heterocycles. The topological polar surface area (TPSA) is 59.3 Å². The van der Waals surface area contributed by atoms with Crippen molar-refractivity contribution in [2.45, 2.75) is 13.5 Å². The lowest BCUT2D eigenvalue weighted by Gasteiger charge is -2.07. The predicted molar refractivity (Wildman–Crippen MR) is 110 cm³/mol. The highest BCUT2D eigenvalue weighted by Gasteiger charge is 2.21. The molecule has 28 heavy (non-hydrogen) atoms. The van der Waals surface area contributed by atoms with E-state index < -0.39 is 11.8 Å². The third kappa shape index (κ3) is 3.32. The molecule has 0 fully saturated rings. The van der Waals surface area contributed by atoms with Crippen LogP contribution < -0.4 is 0 Å². The van der Waals surface area contributed by atoms with Crippen molar-refractivity contribution in [2.24, 2.45) is 0 Å². The number of carbonyl (C=O) groups excluding carboxylic acids is 1. The van der Waals surface area contributed by atoms with Gasteiger partial charge in [-0.05, 0) is 35.7 Å². The minimum Gasteiger partial charge on any atom is -0.475 e. The molecule has 4 nitrogen and oxygen atoms in total. The minimum atomic E-state index is -1.44. The van der Waals surface area contributed by atoms with Gasteiger partial charge < -0.3 is 9.67 Å². The van der Waals surface area contributed by atoms with Gasteiger partial charge in [-0.25, -0.2) is 4.79 Å². The SMILES string of the molecule is Cc1ccc(Cn2cc(C(=O)C(=O)O)c3cc(-c4ccccc4)ccc32)cc1. The fourth-order valence-corrected chi connectivity index (χ4v) is 3.42. The van der Waals surface area contributed by atoms with Crippen LogP contribution in [0.4, 0.5) is 0 Å². The van der Waals surface area contributed by atoms with E-state index in [0.29, 0.717) is 11.9 Å². The number of aromatic nitrogens is 1. The van der Waals surface area contributed by atoms with Crippen molar-refractivity contribution in [2.75, 3.05) is 0 Å². The second-order valence-electron chi connectivity index (χ2n) is 6.89. The number of hydrogen-bond donors (Lipinski definition) is 1. The number of carbonyl (C=O) groups is 2. The monoisotopic (exact) mass is 369 g/mol. The van der Waals surface area contributed by atoms with E-state index in [9.17, 15) is 14.7 Å². The molecule has 138 valence electrons. The van der Waals surface area contributed by atoms with Gasteiger partial charge in [-0.1, -0.05) is 66.2 Å². The van der Waals surface area contributed by atoms with Gasteiger partial charge in [-0.15, -0.1) is 0 Å². The van der Waals surface area contributed by atoms with Gasteiger partial charge in [0.15, 0.2) is 0 Å². The number of benzene rings is 3. The minimum absolute atomic E-state index is 0.215. The second kappa shape index (κ2) is 7.16. The molecule has 4 heteroatoms. The number of carboxylic acid groups (broad SMARTS) is 1. The lowest BCUT2D eigenvalue weighted by Crippen LogP contribution is -2.12. The Morgan fingerprint density at radius 2 is 1.61 bits per heavy atom. The summed E-state index contributed by atoms with van der Waals surface area (Å²) >= 11 is 0. The van der Waals surface area contributed by atoms with Crippen LogP contribution in [0.3, 0.4) is 0 Å². The number of aliphatic carboxylic acids is 1. The molecule has 0 aliphatic rings. The fourth-order valence-electron chi connectivity index (χ4n) is 3.42. The number of hydrogen-bond acceptors (Lipinski definition) is 2. The van der Waals surface area contributed by atoms with E-state index in [0.717, 1.165) is 22.2 Å². The Morgan fingerprint density at radius 3 is 2.29 bits per heavy atom. The van der Waals surface area contributed by atoms with Crippen molar-refractivity contribution in [3.63, 3.8) is 0 Å². The standard InChI is InChI=1S/C24H19NO3/c1-16-7-9-17(10-8-16)14-25-15-21(23(26)24(27)28)20-13-19(11-12-22(20)25)18-5-3-2-4-6-18/h2-13,15H,14H2,1H3,(H,27,28). The van der Waals surface area contributed by atoms with Crippen LogP contribution in [0.25, 0.3) is 22.0 Å². The molecule has 1 aromatic heterocycles. The smallest absolute Gasteiger partial charge is 0.377 e. The number of Topliss-reactive ketones (excluding diaryl/α,β-unsaturated/α-hetero) is 1. The van der Waals surface area contributed by atoms with Gasteiger partial charge in [0.2, 0.25) is 0 Å². The molecule has 0 aliphatic heterocycles. The molecule has 1 N–H and O–H groups in total. The van der Waals surface area contributed by atoms with E-state index in [1.54, 1.807) is 6.20 Å². The van der Waals surface area contributed by atoms with Crippen LogP contribution in [0.5, 0.6) is 0 Å². The highest BCUT2D eigenvalue weighted by Crippen LogP contribution is 2.29. The maximum Gasteiger partial charge on any atom is 0.377 e.